The molecule has 118 valence electrons. The number of halogens is 1. The first kappa shape index (κ1) is 19.4. The molecule has 5 N–H and O–H groups in total. The van der Waals surface area contributed by atoms with Gasteiger partial charge in [-0.25, -0.2) is 0 Å². The SMILES string of the molecule is CC(C)CC(C)(CN)NC(=O)c1cccc(C(N)=O)c1.Cl. The second-order valence-corrected chi connectivity index (χ2v) is 5.76. The fourth-order valence-electron chi connectivity index (χ4n) is 2.25. The zero-order valence-electron chi connectivity index (χ0n) is 12.7. The number of carbonyl (C=O) groups excluding carboxylic acids is 2. The maximum absolute atomic E-state index is 12.3. The first-order valence-corrected chi connectivity index (χ1v) is 6.70. The molecule has 1 atom stereocenters. The number of hydrogen-bond donors (Lipinski definition) is 3. The Morgan fingerprint density at radius 2 is 1.86 bits per heavy atom. The molecular weight excluding hydrogens is 290 g/mol. The van der Waals surface area contributed by atoms with Crippen molar-refractivity contribution in [1.29, 1.82) is 0 Å². The van der Waals surface area contributed by atoms with Crippen LogP contribution in [0, 0.1) is 5.92 Å². The van der Waals surface area contributed by atoms with Crippen molar-refractivity contribution in [2.45, 2.75) is 32.7 Å². The van der Waals surface area contributed by atoms with Crippen molar-refractivity contribution in [3.05, 3.63) is 35.4 Å². The summed E-state index contributed by atoms with van der Waals surface area (Å²) in [7, 11) is 0. The number of nitrogens with two attached hydrogens (primary N) is 2. The highest BCUT2D eigenvalue weighted by Gasteiger charge is 2.26. The normalized spacial score (nSPS) is 13.2. The van der Waals surface area contributed by atoms with Gasteiger partial charge < -0.3 is 16.8 Å². The van der Waals surface area contributed by atoms with Crippen molar-refractivity contribution in [2.75, 3.05) is 6.54 Å². The van der Waals surface area contributed by atoms with Crippen LogP contribution in [-0.2, 0) is 0 Å². The van der Waals surface area contributed by atoms with E-state index in [2.05, 4.69) is 19.2 Å². The van der Waals surface area contributed by atoms with Crippen molar-refractivity contribution in [3.63, 3.8) is 0 Å². The number of benzene rings is 1. The summed E-state index contributed by atoms with van der Waals surface area (Å²) in [5.41, 5.74) is 11.2. The largest absolute Gasteiger partial charge is 0.366 e. The van der Waals surface area contributed by atoms with Gasteiger partial charge in [-0.05, 0) is 37.5 Å². The molecule has 1 unspecified atom stereocenters. The fourth-order valence-corrected chi connectivity index (χ4v) is 2.25. The Morgan fingerprint density at radius 1 is 1.29 bits per heavy atom. The maximum Gasteiger partial charge on any atom is 0.251 e. The lowest BCUT2D eigenvalue weighted by Crippen LogP contribution is -2.52. The average molecular weight is 314 g/mol. The van der Waals surface area contributed by atoms with Crippen LogP contribution >= 0.6 is 12.4 Å². The summed E-state index contributed by atoms with van der Waals surface area (Å²) in [6, 6.07) is 6.35. The van der Waals surface area contributed by atoms with Gasteiger partial charge in [-0.15, -0.1) is 12.4 Å². The molecule has 0 saturated carbocycles. The number of carbonyl (C=O) groups is 2. The van der Waals surface area contributed by atoms with Crippen LogP contribution in [0.1, 0.15) is 47.9 Å². The molecule has 2 amide bonds. The highest BCUT2D eigenvalue weighted by molar-refractivity contribution is 5.99. The Hall–Kier alpha value is -1.59. The number of hydrogen-bond acceptors (Lipinski definition) is 3. The quantitative estimate of drug-likeness (QED) is 0.745. The van der Waals surface area contributed by atoms with Crippen LogP contribution in [0.25, 0.3) is 0 Å². The maximum atomic E-state index is 12.3. The summed E-state index contributed by atoms with van der Waals surface area (Å²) in [4.78, 5) is 23.4. The molecule has 0 aliphatic heterocycles. The molecule has 21 heavy (non-hydrogen) atoms. The van der Waals surface area contributed by atoms with Crippen molar-refractivity contribution in [1.82, 2.24) is 5.32 Å². The Kier molecular flexibility index (Phi) is 7.39. The molecule has 5 nitrogen and oxygen atoms in total. The van der Waals surface area contributed by atoms with E-state index in [1.165, 1.54) is 6.07 Å². The Morgan fingerprint density at radius 3 is 2.33 bits per heavy atom. The van der Waals surface area contributed by atoms with Gasteiger partial charge in [0, 0.05) is 23.2 Å². The second-order valence-electron chi connectivity index (χ2n) is 5.76. The molecule has 0 aromatic heterocycles. The van der Waals surface area contributed by atoms with Crippen LogP contribution in [0.3, 0.4) is 0 Å². The van der Waals surface area contributed by atoms with Crippen molar-refractivity contribution in [3.8, 4) is 0 Å². The Balaban J connectivity index is 0.00000400. The molecule has 6 heteroatoms. The van der Waals surface area contributed by atoms with Gasteiger partial charge in [0.05, 0.1) is 0 Å². The van der Waals surface area contributed by atoms with Gasteiger partial charge >= 0.3 is 0 Å². The van der Waals surface area contributed by atoms with E-state index in [-0.39, 0.29) is 18.3 Å². The molecule has 0 aliphatic rings. The number of amides is 2. The van der Waals surface area contributed by atoms with Gasteiger partial charge in [0.25, 0.3) is 5.91 Å². The molecule has 0 radical (unpaired) electrons. The third-order valence-electron chi connectivity index (χ3n) is 3.13. The molecule has 0 aliphatic carbocycles. The highest BCUT2D eigenvalue weighted by atomic mass is 35.5. The van der Waals surface area contributed by atoms with E-state index in [4.69, 9.17) is 11.5 Å². The predicted molar refractivity (Wildman–Crippen MR) is 86.6 cm³/mol. The highest BCUT2D eigenvalue weighted by Crippen LogP contribution is 2.16. The predicted octanol–water partition coefficient (Wildman–Crippen LogP) is 1.70. The fraction of sp³-hybridized carbons (Fsp3) is 0.467. The zero-order valence-corrected chi connectivity index (χ0v) is 13.5. The zero-order chi connectivity index (χ0) is 15.3. The van der Waals surface area contributed by atoms with Crippen LogP contribution in [0.15, 0.2) is 24.3 Å². The summed E-state index contributed by atoms with van der Waals surface area (Å²) < 4.78 is 0. The third-order valence-corrected chi connectivity index (χ3v) is 3.13. The lowest BCUT2D eigenvalue weighted by Gasteiger charge is -2.31. The Labute approximate surface area is 131 Å². The minimum Gasteiger partial charge on any atom is -0.366 e. The average Bonchev–Trinajstić information content (AvgIpc) is 2.37. The van der Waals surface area contributed by atoms with Gasteiger partial charge in [0.15, 0.2) is 0 Å². The summed E-state index contributed by atoms with van der Waals surface area (Å²) in [5.74, 6) is -0.383. The first-order chi connectivity index (χ1) is 9.27. The third kappa shape index (κ3) is 5.73. The molecular formula is C15H24ClN3O2. The van der Waals surface area contributed by atoms with Crippen LogP contribution in [0.2, 0.25) is 0 Å². The van der Waals surface area contributed by atoms with Crippen molar-refractivity contribution >= 4 is 24.2 Å². The Bertz CT molecular complexity index is 505. The van der Waals surface area contributed by atoms with E-state index in [1.54, 1.807) is 18.2 Å². The van der Waals surface area contributed by atoms with Crippen molar-refractivity contribution in [2.24, 2.45) is 17.4 Å². The van der Waals surface area contributed by atoms with E-state index >= 15 is 0 Å². The van der Waals surface area contributed by atoms with Crippen LogP contribution in [0.5, 0.6) is 0 Å². The molecule has 0 spiro atoms. The summed E-state index contributed by atoms with van der Waals surface area (Å²) in [6.45, 7) is 6.43. The smallest absolute Gasteiger partial charge is 0.251 e. The first-order valence-electron chi connectivity index (χ1n) is 6.70. The monoisotopic (exact) mass is 313 g/mol. The van der Waals surface area contributed by atoms with E-state index in [0.717, 1.165) is 6.42 Å². The number of rotatable bonds is 6. The van der Waals surface area contributed by atoms with E-state index in [9.17, 15) is 9.59 Å². The molecule has 0 heterocycles. The standard InChI is InChI=1S/C15H23N3O2.ClH/c1-10(2)8-15(3,9-16)18-14(20)12-6-4-5-11(7-12)13(17)19;/h4-7,10H,8-9,16H2,1-3H3,(H2,17,19)(H,18,20);1H. The minimum atomic E-state index is -0.552. The van der Waals surface area contributed by atoms with E-state index in [0.29, 0.717) is 23.6 Å². The molecule has 1 aromatic rings. The number of nitrogens with one attached hydrogen (secondary N) is 1. The second kappa shape index (κ2) is 8.00. The van der Waals surface area contributed by atoms with Gasteiger partial charge in [0.1, 0.15) is 0 Å². The van der Waals surface area contributed by atoms with Crippen LogP contribution in [-0.4, -0.2) is 23.9 Å². The molecule has 0 bridgehead atoms. The molecule has 0 fully saturated rings. The van der Waals surface area contributed by atoms with Crippen LogP contribution in [0.4, 0.5) is 0 Å². The van der Waals surface area contributed by atoms with E-state index in [1.807, 2.05) is 6.92 Å². The number of primary amides is 1. The summed E-state index contributed by atoms with van der Waals surface area (Å²) in [6.07, 6.45) is 0.782. The molecule has 1 rings (SSSR count). The molecule has 1 aromatic carbocycles. The lowest BCUT2D eigenvalue weighted by molar-refractivity contribution is 0.0898. The lowest BCUT2D eigenvalue weighted by atomic mass is 9.90. The van der Waals surface area contributed by atoms with Crippen LogP contribution < -0.4 is 16.8 Å². The topological polar surface area (TPSA) is 98.2 Å². The van der Waals surface area contributed by atoms with Gasteiger partial charge in [-0.3, -0.25) is 9.59 Å². The van der Waals surface area contributed by atoms with Gasteiger partial charge in [-0.1, -0.05) is 19.9 Å². The summed E-state index contributed by atoms with van der Waals surface area (Å²) >= 11 is 0. The van der Waals surface area contributed by atoms with Gasteiger partial charge in [0.2, 0.25) is 5.91 Å². The van der Waals surface area contributed by atoms with Gasteiger partial charge in [-0.2, -0.15) is 0 Å². The van der Waals surface area contributed by atoms with E-state index < -0.39 is 11.4 Å². The minimum absolute atomic E-state index is 0. The summed E-state index contributed by atoms with van der Waals surface area (Å²) in [5, 5.41) is 2.94. The molecule has 0 saturated heterocycles. The van der Waals surface area contributed by atoms with Crippen molar-refractivity contribution < 1.29 is 9.59 Å².